The second-order valence-corrected chi connectivity index (χ2v) is 10.9. The van der Waals surface area contributed by atoms with Gasteiger partial charge in [-0.15, -0.1) is 0 Å². The molecule has 0 spiro atoms. The molecule has 1 amide bonds. The number of nitrogens with zero attached hydrogens (tertiary/aromatic N) is 3. The lowest BCUT2D eigenvalue weighted by molar-refractivity contribution is -0.129. The van der Waals surface area contributed by atoms with E-state index in [0.29, 0.717) is 12.1 Å². The molecule has 42 heavy (non-hydrogen) atoms. The van der Waals surface area contributed by atoms with Crippen LogP contribution in [0.25, 0.3) is 11.1 Å². The first-order valence-electron chi connectivity index (χ1n) is 13.8. The van der Waals surface area contributed by atoms with E-state index in [1.54, 1.807) is 54.6 Å². The van der Waals surface area contributed by atoms with Gasteiger partial charge in [-0.2, -0.15) is 0 Å². The third kappa shape index (κ3) is 5.90. The van der Waals surface area contributed by atoms with E-state index in [2.05, 4.69) is 27.9 Å². The zero-order valence-corrected chi connectivity index (χ0v) is 24.1. The van der Waals surface area contributed by atoms with Crippen LogP contribution in [0.1, 0.15) is 59.9 Å². The maximum absolute atomic E-state index is 13.2. The molecule has 1 aromatic heterocycles. The lowest BCUT2D eigenvalue weighted by atomic mass is 10.0. The van der Waals surface area contributed by atoms with Crippen molar-refractivity contribution in [2.24, 2.45) is 4.99 Å². The molecule has 0 saturated carbocycles. The molecule has 0 saturated heterocycles. The number of nitrogens with one attached hydrogen (secondary N) is 1. The number of fused-ring (bicyclic) bond motifs is 1. The van der Waals surface area contributed by atoms with Gasteiger partial charge in [0.1, 0.15) is 5.82 Å². The van der Waals surface area contributed by atoms with Gasteiger partial charge < -0.3 is 19.5 Å². The molecule has 2 N–H and O–H groups in total. The van der Waals surface area contributed by atoms with Crippen molar-refractivity contribution in [3.8, 4) is 11.1 Å². The lowest BCUT2D eigenvalue weighted by Gasteiger charge is -2.26. The Kier molecular flexibility index (Phi) is 8.65. The van der Waals surface area contributed by atoms with Gasteiger partial charge >= 0.3 is 5.97 Å². The number of benzene rings is 3. The first-order chi connectivity index (χ1) is 20.3. The van der Waals surface area contributed by atoms with Crippen LogP contribution < -0.4 is 9.62 Å². The molecule has 0 fully saturated rings. The second kappa shape index (κ2) is 12.5. The first kappa shape index (κ1) is 29.0. The number of aryl methyl sites for hydroxylation is 1. The van der Waals surface area contributed by atoms with E-state index in [9.17, 15) is 23.5 Å². The SMILES string of the molecule is CCCCc1cc2c(n1Cc1ccc(-c3ccccc3N(C(=O)c3ccccc3)S(=O)[O-])cc1)NC(C(=O)O)=NC2C. The number of amidine groups is 1. The van der Waals surface area contributed by atoms with Gasteiger partial charge in [0.15, 0.2) is 0 Å². The van der Waals surface area contributed by atoms with E-state index in [1.165, 1.54) is 0 Å². The largest absolute Gasteiger partial charge is 0.755 e. The van der Waals surface area contributed by atoms with Crippen LogP contribution >= 0.6 is 0 Å². The molecular weight excluding hydrogens is 552 g/mol. The number of para-hydroxylation sites is 1. The normalized spacial score (nSPS) is 14.8. The van der Waals surface area contributed by atoms with Crippen LogP contribution in [0.4, 0.5) is 11.5 Å². The van der Waals surface area contributed by atoms with Crippen molar-refractivity contribution in [2.45, 2.75) is 45.7 Å². The van der Waals surface area contributed by atoms with E-state index in [1.807, 2.05) is 31.2 Å². The predicted molar refractivity (Wildman–Crippen MR) is 163 cm³/mol. The summed E-state index contributed by atoms with van der Waals surface area (Å²) in [6, 6.07) is 24.7. The van der Waals surface area contributed by atoms with Crippen LogP contribution in [0.5, 0.6) is 0 Å². The molecule has 0 radical (unpaired) electrons. The van der Waals surface area contributed by atoms with Gasteiger partial charge in [-0.25, -0.2) is 9.10 Å². The molecule has 2 atom stereocenters. The highest BCUT2D eigenvalue weighted by Gasteiger charge is 2.27. The summed E-state index contributed by atoms with van der Waals surface area (Å²) < 4.78 is 27.5. The third-order valence-corrected chi connectivity index (χ3v) is 7.95. The number of hydrogen-bond donors (Lipinski definition) is 2. The number of carboxylic acid groups (broad SMARTS) is 1. The van der Waals surface area contributed by atoms with Gasteiger partial charge in [-0.3, -0.25) is 14.0 Å². The highest BCUT2D eigenvalue weighted by atomic mass is 32.2. The number of aromatic nitrogens is 1. The smallest absolute Gasteiger partial charge is 0.371 e. The molecule has 1 aliphatic rings. The fraction of sp³-hybridized carbons (Fsp3) is 0.219. The van der Waals surface area contributed by atoms with Crippen LogP contribution in [-0.4, -0.2) is 36.1 Å². The summed E-state index contributed by atoms with van der Waals surface area (Å²) in [7, 11) is 0. The minimum atomic E-state index is -2.84. The fourth-order valence-electron chi connectivity index (χ4n) is 5.17. The van der Waals surface area contributed by atoms with E-state index < -0.39 is 23.1 Å². The van der Waals surface area contributed by atoms with Gasteiger partial charge in [0, 0.05) is 28.9 Å². The number of aliphatic imine (C=N–C) groups is 1. The van der Waals surface area contributed by atoms with Gasteiger partial charge in [-0.05, 0) is 55.2 Å². The minimum absolute atomic E-state index is 0.0753. The van der Waals surface area contributed by atoms with Crippen molar-refractivity contribution in [1.82, 2.24) is 4.57 Å². The number of rotatable bonds is 10. The Balaban J connectivity index is 1.47. The van der Waals surface area contributed by atoms with Crippen molar-refractivity contribution in [3.63, 3.8) is 0 Å². The highest BCUT2D eigenvalue weighted by Crippen LogP contribution is 2.36. The van der Waals surface area contributed by atoms with Gasteiger partial charge in [0.2, 0.25) is 5.84 Å². The Hall–Kier alpha value is -4.54. The van der Waals surface area contributed by atoms with Gasteiger partial charge in [0.25, 0.3) is 5.91 Å². The van der Waals surface area contributed by atoms with Gasteiger partial charge in [0.05, 0.1) is 23.0 Å². The average molecular weight is 584 g/mol. The molecule has 0 bridgehead atoms. The minimum Gasteiger partial charge on any atom is -0.755 e. The van der Waals surface area contributed by atoms with E-state index in [-0.39, 0.29) is 23.1 Å². The number of hydrogen-bond acceptors (Lipinski definition) is 6. The maximum atomic E-state index is 13.2. The third-order valence-electron chi connectivity index (χ3n) is 7.29. The first-order valence-corrected chi connectivity index (χ1v) is 14.8. The Morgan fingerprint density at radius 3 is 2.40 bits per heavy atom. The zero-order valence-electron chi connectivity index (χ0n) is 23.3. The molecule has 3 aromatic carbocycles. The monoisotopic (exact) mass is 583 g/mol. The summed E-state index contributed by atoms with van der Waals surface area (Å²) in [5, 5.41) is 12.6. The van der Waals surface area contributed by atoms with Crippen LogP contribution in [0.15, 0.2) is 89.9 Å². The van der Waals surface area contributed by atoms with Crippen molar-refractivity contribution in [2.75, 3.05) is 9.62 Å². The summed E-state index contributed by atoms with van der Waals surface area (Å²) in [6.07, 6.45) is 2.88. The van der Waals surface area contributed by atoms with E-state index >= 15 is 0 Å². The lowest BCUT2D eigenvalue weighted by Crippen LogP contribution is -2.33. The number of carboxylic acids is 1. The number of unbranched alkanes of at least 4 members (excludes halogenated alkanes) is 1. The Morgan fingerprint density at radius 1 is 1.05 bits per heavy atom. The van der Waals surface area contributed by atoms with Crippen molar-refractivity contribution >= 4 is 40.5 Å². The Labute approximate surface area is 247 Å². The number of aliphatic carboxylic acids is 1. The molecule has 1 aliphatic heterocycles. The van der Waals surface area contributed by atoms with Crippen LogP contribution in [-0.2, 0) is 29.0 Å². The molecular formula is C32H31N4O5S-. The van der Waals surface area contributed by atoms with E-state index in [0.717, 1.165) is 51.8 Å². The van der Waals surface area contributed by atoms with Crippen molar-refractivity contribution in [3.05, 3.63) is 107 Å². The predicted octanol–water partition coefficient (Wildman–Crippen LogP) is 5.96. The Morgan fingerprint density at radius 2 is 1.74 bits per heavy atom. The summed E-state index contributed by atoms with van der Waals surface area (Å²) in [5.74, 6) is -1.08. The number of anilines is 2. The zero-order chi connectivity index (χ0) is 29.8. The van der Waals surface area contributed by atoms with Crippen LogP contribution in [0.3, 0.4) is 0 Å². The summed E-state index contributed by atoms with van der Waals surface area (Å²) >= 11 is -2.84. The second-order valence-electron chi connectivity index (χ2n) is 10.1. The summed E-state index contributed by atoms with van der Waals surface area (Å²) in [5.41, 5.74) is 4.91. The molecule has 9 nitrogen and oxygen atoms in total. The number of amides is 1. The molecule has 4 aromatic rings. The Bertz CT molecular complexity index is 1660. The molecule has 5 rings (SSSR count). The summed E-state index contributed by atoms with van der Waals surface area (Å²) in [6.45, 7) is 4.53. The molecule has 216 valence electrons. The van der Waals surface area contributed by atoms with Crippen LogP contribution in [0, 0.1) is 0 Å². The quantitative estimate of drug-likeness (QED) is 0.222. The molecule has 0 aliphatic carbocycles. The highest BCUT2D eigenvalue weighted by molar-refractivity contribution is 7.81. The maximum Gasteiger partial charge on any atom is 0.371 e. The van der Waals surface area contributed by atoms with E-state index in [4.69, 9.17) is 0 Å². The average Bonchev–Trinajstić information content (AvgIpc) is 3.34. The van der Waals surface area contributed by atoms with Gasteiger partial charge in [-0.1, -0.05) is 74.0 Å². The number of carbonyl (C=O) groups excluding carboxylic acids is 1. The standard InChI is InChI=1S/C32H32N4O5S/c1-3-4-12-25-19-27-21(2)33-29(32(38)39)34-30(27)35(25)20-22-15-17-23(18-16-22)26-13-8-9-14-28(26)36(42(40)41)31(37)24-10-6-5-7-11-24/h5-11,13-19,21H,3-4,12,20H2,1-2H3,(H,33,34)(H,38,39)(H,40,41)/p-1. The fourth-order valence-corrected chi connectivity index (χ4v) is 5.73. The van der Waals surface area contributed by atoms with Crippen molar-refractivity contribution in [1.29, 1.82) is 0 Å². The van der Waals surface area contributed by atoms with Crippen molar-refractivity contribution < 1.29 is 23.5 Å². The topological polar surface area (TPSA) is 127 Å². The number of carbonyl (C=O) groups is 2. The summed E-state index contributed by atoms with van der Waals surface area (Å²) in [4.78, 5) is 29.2. The van der Waals surface area contributed by atoms with Crippen LogP contribution in [0.2, 0.25) is 0 Å². The molecule has 2 unspecified atom stereocenters. The molecule has 10 heteroatoms. The molecule has 2 heterocycles.